The molecule has 1 amide bonds. The minimum Gasteiger partial charge on any atom is -0.494 e. The topological polar surface area (TPSA) is 117 Å². The number of nitrogens with zero attached hydrogens (tertiary/aromatic N) is 2. The van der Waals surface area contributed by atoms with Crippen molar-refractivity contribution in [2.75, 3.05) is 0 Å². The molecule has 1 rings (SSSR count). The Labute approximate surface area is 139 Å². The molecule has 0 aromatic carbocycles. The number of carbonyl (C=O) groups excluding carboxylic acids is 1. The summed E-state index contributed by atoms with van der Waals surface area (Å²) in [5.74, 6) is -0.775. The fourth-order valence-electron chi connectivity index (χ4n) is 2.15. The first-order valence-electron chi connectivity index (χ1n) is 7.92. The van der Waals surface area contributed by atoms with E-state index in [2.05, 4.69) is 29.0 Å². The molecular weight excluding hydrogens is 312 g/mol. The Balaban J connectivity index is 2.90. The largest absolute Gasteiger partial charge is 0.494 e. The second kappa shape index (κ2) is 9.49. The summed E-state index contributed by atoms with van der Waals surface area (Å²) >= 11 is 0. The van der Waals surface area contributed by atoms with Crippen molar-refractivity contribution in [3.8, 4) is 5.88 Å². The summed E-state index contributed by atoms with van der Waals surface area (Å²) in [4.78, 5) is 37.4. The Morgan fingerprint density at radius 1 is 1.38 bits per heavy atom. The van der Waals surface area contributed by atoms with Crippen LogP contribution >= 0.6 is 0 Å². The number of allylic oxidation sites excluding steroid dienone is 1. The van der Waals surface area contributed by atoms with E-state index in [0.717, 1.165) is 30.3 Å². The molecule has 0 spiro atoms. The van der Waals surface area contributed by atoms with Crippen LogP contribution < -0.4 is 16.7 Å². The number of hydrogen-bond donors (Lipinski definition) is 3. The molecule has 8 nitrogen and oxygen atoms in total. The van der Waals surface area contributed by atoms with Crippen LogP contribution in [0.2, 0.25) is 0 Å². The van der Waals surface area contributed by atoms with Crippen molar-refractivity contribution in [3.63, 3.8) is 0 Å². The summed E-state index contributed by atoms with van der Waals surface area (Å²) in [5, 5.41) is 14.0. The number of hydrazone groups is 1. The van der Waals surface area contributed by atoms with Crippen molar-refractivity contribution in [1.82, 2.24) is 15.0 Å². The number of aromatic amines is 1. The van der Waals surface area contributed by atoms with Gasteiger partial charge in [0.15, 0.2) is 0 Å². The van der Waals surface area contributed by atoms with Crippen molar-refractivity contribution < 1.29 is 9.90 Å². The number of hydrogen-bond acceptors (Lipinski definition) is 5. The van der Waals surface area contributed by atoms with Crippen LogP contribution in [0.4, 0.5) is 0 Å². The van der Waals surface area contributed by atoms with E-state index in [0.29, 0.717) is 6.42 Å². The third-order valence-corrected chi connectivity index (χ3v) is 3.45. The lowest BCUT2D eigenvalue weighted by atomic mass is 10.1. The van der Waals surface area contributed by atoms with E-state index < -0.39 is 17.1 Å². The molecule has 0 saturated heterocycles. The number of carbonyl (C=O) groups is 1. The Kier molecular flexibility index (Phi) is 7.67. The van der Waals surface area contributed by atoms with E-state index >= 15 is 0 Å². The fourth-order valence-corrected chi connectivity index (χ4v) is 2.15. The molecule has 0 saturated carbocycles. The van der Waals surface area contributed by atoms with Crippen LogP contribution in [0.15, 0.2) is 27.3 Å². The lowest BCUT2D eigenvalue weighted by Gasteiger charge is -2.09. The maximum absolute atomic E-state index is 11.9. The highest BCUT2D eigenvalue weighted by molar-refractivity contribution is 6.00. The number of unbranched alkanes of at least 4 members (excludes halogenated alkanes) is 3. The van der Waals surface area contributed by atoms with E-state index in [4.69, 9.17) is 0 Å². The molecule has 8 heteroatoms. The van der Waals surface area contributed by atoms with Gasteiger partial charge in [-0.05, 0) is 13.3 Å². The molecule has 0 bridgehead atoms. The Morgan fingerprint density at radius 2 is 2.08 bits per heavy atom. The number of rotatable bonds is 9. The first-order chi connectivity index (χ1) is 11.4. The summed E-state index contributed by atoms with van der Waals surface area (Å²) in [7, 11) is 0. The first-order valence-corrected chi connectivity index (χ1v) is 7.92. The van der Waals surface area contributed by atoms with Gasteiger partial charge in [-0.2, -0.15) is 5.10 Å². The van der Waals surface area contributed by atoms with Crippen molar-refractivity contribution in [2.24, 2.45) is 5.10 Å². The van der Waals surface area contributed by atoms with Crippen LogP contribution in [-0.4, -0.2) is 26.3 Å². The normalized spacial score (nSPS) is 11.3. The minimum absolute atomic E-state index is 0.0332. The number of aromatic nitrogens is 2. The van der Waals surface area contributed by atoms with Crippen LogP contribution in [0.5, 0.6) is 5.88 Å². The van der Waals surface area contributed by atoms with Gasteiger partial charge in [0.1, 0.15) is 5.56 Å². The lowest BCUT2D eigenvalue weighted by molar-refractivity contribution is -0.121. The van der Waals surface area contributed by atoms with E-state index in [1.807, 2.05) is 0 Å². The number of amides is 1. The molecule has 0 aliphatic carbocycles. The molecule has 24 heavy (non-hydrogen) atoms. The summed E-state index contributed by atoms with van der Waals surface area (Å²) in [6.07, 6.45) is 5.65. The Hall–Kier alpha value is -2.64. The van der Waals surface area contributed by atoms with Gasteiger partial charge in [-0.15, -0.1) is 6.58 Å². The van der Waals surface area contributed by atoms with Crippen LogP contribution in [0.3, 0.4) is 0 Å². The summed E-state index contributed by atoms with van der Waals surface area (Å²) in [5.41, 5.74) is 0.788. The van der Waals surface area contributed by atoms with E-state index in [1.165, 1.54) is 13.0 Å². The van der Waals surface area contributed by atoms with Crippen LogP contribution in [0.1, 0.15) is 51.5 Å². The highest BCUT2D eigenvalue weighted by Crippen LogP contribution is 2.11. The molecule has 0 fully saturated rings. The SMILES string of the molecule is C=CCn1c(O)c(/C(C)=N/NC(=O)CCCCCC)c(=O)[nH]c1=O. The van der Waals surface area contributed by atoms with E-state index in [1.54, 1.807) is 0 Å². The predicted molar refractivity (Wildman–Crippen MR) is 92.3 cm³/mol. The third kappa shape index (κ3) is 5.22. The molecule has 3 N–H and O–H groups in total. The van der Waals surface area contributed by atoms with Gasteiger partial charge in [0.2, 0.25) is 11.8 Å². The van der Waals surface area contributed by atoms with Crippen molar-refractivity contribution in [3.05, 3.63) is 39.1 Å². The Bertz CT molecular complexity index is 731. The van der Waals surface area contributed by atoms with Gasteiger partial charge >= 0.3 is 5.69 Å². The third-order valence-electron chi connectivity index (χ3n) is 3.45. The summed E-state index contributed by atoms with van der Waals surface area (Å²) in [6, 6.07) is 0. The molecule has 0 aliphatic rings. The molecule has 1 heterocycles. The van der Waals surface area contributed by atoms with E-state index in [-0.39, 0.29) is 23.7 Å². The average Bonchev–Trinajstić information content (AvgIpc) is 2.53. The zero-order valence-electron chi connectivity index (χ0n) is 14.1. The molecule has 132 valence electrons. The van der Waals surface area contributed by atoms with E-state index in [9.17, 15) is 19.5 Å². The van der Waals surface area contributed by atoms with Crippen LogP contribution in [0, 0.1) is 0 Å². The summed E-state index contributed by atoms with van der Waals surface area (Å²) in [6.45, 7) is 7.07. The highest BCUT2D eigenvalue weighted by atomic mass is 16.3. The van der Waals surface area contributed by atoms with Crippen molar-refractivity contribution in [1.29, 1.82) is 0 Å². The number of nitrogens with one attached hydrogen (secondary N) is 2. The van der Waals surface area contributed by atoms with Gasteiger partial charge in [-0.25, -0.2) is 10.2 Å². The first kappa shape index (κ1) is 19.4. The van der Waals surface area contributed by atoms with Gasteiger partial charge in [0, 0.05) is 13.0 Å². The standard InChI is InChI=1S/C16H24N4O4/c1-4-6-7-8-9-12(21)19-18-11(3)13-14(22)17-16(24)20(10-5-2)15(13)23/h5,23H,2,4,6-10H2,1,3H3,(H,19,21)(H,17,22,24)/b18-11+. The molecule has 0 aliphatic heterocycles. The molecule has 1 aromatic rings. The fraction of sp³-hybridized carbons (Fsp3) is 0.500. The lowest BCUT2D eigenvalue weighted by Crippen LogP contribution is -2.34. The predicted octanol–water partition coefficient (Wildman–Crippen LogP) is 1.24. The minimum atomic E-state index is -0.767. The molecule has 1 aromatic heterocycles. The molecule has 0 atom stereocenters. The highest BCUT2D eigenvalue weighted by Gasteiger charge is 2.16. The van der Waals surface area contributed by atoms with Gasteiger partial charge in [-0.3, -0.25) is 19.1 Å². The number of H-pyrrole nitrogens is 1. The van der Waals surface area contributed by atoms with Crippen molar-refractivity contribution in [2.45, 2.75) is 52.5 Å². The summed E-state index contributed by atoms with van der Waals surface area (Å²) < 4.78 is 0.954. The maximum Gasteiger partial charge on any atom is 0.331 e. The molecular formula is C16H24N4O4. The molecule has 0 radical (unpaired) electrons. The van der Waals surface area contributed by atoms with Gasteiger partial charge < -0.3 is 5.11 Å². The van der Waals surface area contributed by atoms with Crippen molar-refractivity contribution >= 4 is 11.6 Å². The second-order valence-corrected chi connectivity index (χ2v) is 5.40. The zero-order valence-corrected chi connectivity index (χ0v) is 14.1. The number of aromatic hydroxyl groups is 1. The van der Waals surface area contributed by atoms with Crippen LogP contribution in [-0.2, 0) is 11.3 Å². The van der Waals surface area contributed by atoms with Gasteiger partial charge in [0.25, 0.3) is 5.56 Å². The smallest absolute Gasteiger partial charge is 0.331 e. The van der Waals surface area contributed by atoms with Crippen LogP contribution in [0.25, 0.3) is 0 Å². The Morgan fingerprint density at radius 3 is 2.71 bits per heavy atom. The van der Waals surface area contributed by atoms with Gasteiger partial charge in [0.05, 0.1) is 5.71 Å². The molecule has 0 unspecified atom stereocenters. The maximum atomic E-state index is 11.9. The van der Waals surface area contributed by atoms with Gasteiger partial charge in [-0.1, -0.05) is 32.3 Å². The monoisotopic (exact) mass is 336 g/mol. The zero-order chi connectivity index (χ0) is 18.1. The second-order valence-electron chi connectivity index (χ2n) is 5.40. The average molecular weight is 336 g/mol. The quantitative estimate of drug-likeness (QED) is 0.272.